The molecule has 0 aliphatic carbocycles. The molecule has 2 heterocycles. The van der Waals surface area contributed by atoms with Crippen molar-refractivity contribution in [2.75, 3.05) is 11.9 Å². The smallest absolute Gasteiger partial charge is 0.237 e. The maximum absolute atomic E-state index is 5.47. The van der Waals surface area contributed by atoms with Crippen molar-refractivity contribution in [1.29, 1.82) is 0 Å². The molecule has 0 bridgehead atoms. The SMILES string of the molecule is CCOc1ncccc1NCc1cnc(CC)s1. The Kier molecular flexibility index (Phi) is 4.52. The minimum Gasteiger partial charge on any atom is -0.476 e. The summed E-state index contributed by atoms with van der Waals surface area (Å²) in [6.45, 7) is 5.44. The van der Waals surface area contributed by atoms with Crippen LogP contribution in [0.4, 0.5) is 5.69 Å². The molecule has 5 heteroatoms. The number of pyridine rings is 1. The minimum atomic E-state index is 0.617. The predicted octanol–water partition coefficient (Wildman–Crippen LogP) is 3.11. The third-order valence-corrected chi connectivity index (χ3v) is 3.55. The van der Waals surface area contributed by atoms with E-state index in [0.29, 0.717) is 12.5 Å². The summed E-state index contributed by atoms with van der Waals surface area (Å²) >= 11 is 1.74. The fourth-order valence-electron chi connectivity index (χ4n) is 1.55. The van der Waals surface area contributed by atoms with E-state index in [4.69, 9.17) is 4.74 Å². The van der Waals surface area contributed by atoms with Gasteiger partial charge in [-0.05, 0) is 25.5 Å². The number of hydrogen-bond acceptors (Lipinski definition) is 5. The summed E-state index contributed by atoms with van der Waals surface area (Å²) < 4.78 is 5.47. The molecule has 0 aromatic carbocycles. The highest BCUT2D eigenvalue weighted by atomic mass is 32.1. The van der Waals surface area contributed by atoms with Crippen LogP contribution in [0.25, 0.3) is 0 Å². The van der Waals surface area contributed by atoms with Gasteiger partial charge in [0.2, 0.25) is 5.88 Å². The van der Waals surface area contributed by atoms with Crippen LogP contribution in [0.1, 0.15) is 23.7 Å². The van der Waals surface area contributed by atoms with Crippen LogP contribution in [-0.2, 0) is 13.0 Å². The van der Waals surface area contributed by atoms with E-state index >= 15 is 0 Å². The van der Waals surface area contributed by atoms with E-state index in [0.717, 1.165) is 18.7 Å². The molecule has 0 amide bonds. The second kappa shape index (κ2) is 6.35. The lowest BCUT2D eigenvalue weighted by molar-refractivity contribution is 0.328. The van der Waals surface area contributed by atoms with Crippen LogP contribution < -0.4 is 10.1 Å². The van der Waals surface area contributed by atoms with Gasteiger partial charge in [0.25, 0.3) is 0 Å². The molecule has 2 aromatic heterocycles. The lowest BCUT2D eigenvalue weighted by atomic mass is 10.4. The van der Waals surface area contributed by atoms with E-state index in [2.05, 4.69) is 22.2 Å². The van der Waals surface area contributed by atoms with Crippen LogP contribution in [0.3, 0.4) is 0 Å². The third kappa shape index (κ3) is 3.20. The van der Waals surface area contributed by atoms with Crippen molar-refractivity contribution in [2.24, 2.45) is 0 Å². The maximum Gasteiger partial charge on any atom is 0.237 e. The van der Waals surface area contributed by atoms with Crippen LogP contribution in [-0.4, -0.2) is 16.6 Å². The fourth-order valence-corrected chi connectivity index (χ4v) is 2.35. The van der Waals surface area contributed by atoms with Crippen molar-refractivity contribution >= 4 is 17.0 Å². The number of aromatic nitrogens is 2. The molecule has 0 aliphatic heterocycles. The number of anilines is 1. The van der Waals surface area contributed by atoms with E-state index in [-0.39, 0.29) is 0 Å². The van der Waals surface area contributed by atoms with E-state index in [9.17, 15) is 0 Å². The molecule has 4 nitrogen and oxygen atoms in total. The molecule has 0 radical (unpaired) electrons. The van der Waals surface area contributed by atoms with Crippen LogP contribution in [0.5, 0.6) is 5.88 Å². The molecule has 0 aliphatic rings. The number of nitrogens with zero attached hydrogens (tertiary/aromatic N) is 2. The molecule has 0 atom stereocenters. The number of hydrogen-bond donors (Lipinski definition) is 1. The molecular weight excluding hydrogens is 246 g/mol. The summed E-state index contributed by atoms with van der Waals surface area (Å²) in [5.41, 5.74) is 0.922. The Morgan fingerprint density at radius 3 is 2.94 bits per heavy atom. The van der Waals surface area contributed by atoms with Crippen molar-refractivity contribution in [3.05, 3.63) is 34.4 Å². The van der Waals surface area contributed by atoms with Crippen molar-refractivity contribution in [1.82, 2.24) is 9.97 Å². The Labute approximate surface area is 111 Å². The minimum absolute atomic E-state index is 0.617. The van der Waals surface area contributed by atoms with Gasteiger partial charge in [-0.1, -0.05) is 6.92 Å². The van der Waals surface area contributed by atoms with Gasteiger partial charge in [-0.3, -0.25) is 0 Å². The maximum atomic E-state index is 5.47. The molecule has 0 spiro atoms. The van der Waals surface area contributed by atoms with Gasteiger partial charge in [0.05, 0.1) is 23.8 Å². The van der Waals surface area contributed by atoms with Crippen LogP contribution in [0.2, 0.25) is 0 Å². The lowest BCUT2D eigenvalue weighted by Gasteiger charge is -2.09. The lowest BCUT2D eigenvalue weighted by Crippen LogP contribution is -2.02. The summed E-state index contributed by atoms with van der Waals surface area (Å²) in [6.07, 6.45) is 4.65. The molecule has 1 N–H and O–H groups in total. The van der Waals surface area contributed by atoms with Crippen LogP contribution in [0, 0.1) is 0 Å². The van der Waals surface area contributed by atoms with E-state index in [1.807, 2.05) is 25.3 Å². The normalized spacial score (nSPS) is 10.3. The highest BCUT2D eigenvalue weighted by molar-refractivity contribution is 7.11. The standard InChI is InChI=1S/C13H17N3OS/c1-3-12-16-9-10(18-12)8-15-11-6-5-7-14-13(11)17-4-2/h5-7,9,15H,3-4,8H2,1-2H3. The summed E-state index contributed by atoms with van der Waals surface area (Å²) in [5.74, 6) is 0.653. The number of rotatable bonds is 6. The molecule has 0 saturated carbocycles. The average Bonchev–Trinajstić information content (AvgIpc) is 2.86. The predicted molar refractivity (Wildman–Crippen MR) is 74.2 cm³/mol. The van der Waals surface area contributed by atoms with Gasteiger partial charge in [-0.25, -0.2) is 9.97 Å². The van der Waals surface area contributed by atoms with Crippen molar-refractivity contribution in [3.63, 3.8) is 0 Å². The van der Waals surface area contributed by atoms with E-state index < -0.39 is 0 Å². The molecule has 18 heavy (non-hydrogen) atoms. The molecule has 0 unspecified atom stereocenters. The van der Waals surface area contributed by atoms with Gasteiger partial charge in [0, 0.05) is 17.3 Å². The number of aryl methyl sites for hydroxylation is 1. The van der Waals surface area contributed by atoms with Gasteiger partial charge in [-0.15, -0.1) is 11.3 Å². The quantitative estimate of drug-likeness (QED) is 0.870. The van der Waals surface area contributed by atoms with E-state index in [1.165, 1.54) is 9.88 Å². The average molecular weight is 263 g/mol. The zero-order valence-corrected chi connectivity index (χ0v) is 11.5. The van der Waals surface area contributed by atoms with Crippen LogP contribution >= 0.6 is 11.3 Å². The summed E-state index contributed by atoms with van der Waals surface area (Å²) in [5, 5.41) is 4.50. The van der Waals surface area contributed by atoms with Gasteiger partial charge in [-0.2, -0.15) is 0 Å². The molecule has 2 rings (SSSR count). The zero-order chi connectivity index (χ0) is 12.8. The first-order chi connectivity index (χ1) is 8.83. The first-order valence-electron chi connectivity index (χ1n) is 6.08. The summed E-state index contributed by atoms with van der Waals surface area (Å²) in [4.78, 5) is 9.76. The second-order valence-electron chi connectivity index (χ2n) is 3.72. The van der Waals surface area contributed by atoms with Gasteiger partial charge < -0.3 is 10.1 Å². The monoisotopic (exact) mass is 263 g/mol. The highest BCUT2D eigenvalue weighted by Gasteiger charge is 2.05. The molecule has 2 aromatic rings. The van der Waals surface area contributed by atoms with Gasteiger partial charge in [0.15, 0.2) is 0 Å². The van der Waals surface area contributed by atoms with Crippen molar-refractivity contribution in [3.8, 4) is 5.88 Å². The van der Waals surface area contributed by atoms with Crippen LogP contribution in [0.15, 0.2) is 24.5 Å². The number of ether oxygens (including phenoxy) is 1. The zero-order valence-electron chi connectivity index (χ0n) is 10.6. The summed E-state index contributed by atoms with van der Waals surface area (Å²) in [6, 6.07) is 3.87. The molecule has 96 valence electrons. The first kappa shape index (κ1) is 12.8. The van der Waals surface area contributed by atoms with E-state index in [1.54, 1.807) is 17.5 Å². The molecule has 0 fully saturated rings. The number of nitrogens with one attached hydrogen (secondary N) is 1. The first-order valence-corrected chi connectivity index (χ1v) is 6.90. The summed E-state index contributed by atoms with van der Waals surface area (Å²) in [7, 11) is 0. The highest BCUT2D eigenvalue weighted by Crippen LogP contribution is 2.22. The second-order valence-corrected chi connectivity index (χ2v) is 4.92. The van der Waals surface area contributed by atoms with Crippen molar-refractivity contribution < 1.29 is 4.74 Å². The molecular formula is C13H17N3OS. The van der Waals surface area contributed by atoms with Gasteiger partial charge in [0.1, 0.15) is 0 Å². The largest absolute Gasteiger partial charge is 0.476 e. The topological polar surface area (TPSA) is 47.0 Å². The Hall–Kier alpha value is -1.62. The third-order valence-electron chi connectivity index (χ3n) is 2.41. The Morgan fingerprint density at radius 2 is 2.22 bits per heavy atom. The molecule has 0 saturated heterocycles. The Morgan fingerprint density at radius 1 is 1.33 bits per heavy atom. The van der Waals surface area contributed by atoms with Gasteiger partial charge >= 0.3 is 0 Å². The fraction of sp³-hybridized carbons (Fsp3) is 0.385. The Balaban J connectivity index is 2.01. The number of thiazole rings is 1. The Bertz CT molecular complexity index is 498. The van der Waals surface area contributed by atoms with Crippen molar-refractivity contribution in [2.45, 2.75) is 26.8 Å².